The van der Waals surface area contributed by atoms with Gasteiger partial charge in [0, 0.05) is 31.7 Å². The molecular weight excluding hydrogens is 256 g/mol. The monoisotopic (exact) mass is 276 g/mol. The van der Waals surface area contributed by atoms with Crippen LogP contribution in [0.2, 0.25) is 0 Å². The molecule has 1 aromatic carbocycles. The third-order valence-electron chi connectivity index (χ3n) is 3.75. The first-order valence-electron chi connectivity index (χ1n) is 6.75. The van der Waals surface area contributed by atoms with Gasteiger partial charge < -0.3 is 10.0 Å². The van der Waals surface area contributed by atoms with E-state index in [1.54, 1.807) is 19.1 Å². The second-order valence-electron chi connectivity index (χ2n) is 5.34. The fraction of sp³-hybridized carbons (Fsp3) is 0.467. The van der Waals surface area contributed by atoms with Gasteiger partial charge in [0.2, 0.25) is 0 Å². The van der Waals surface area contributed by atoms with E-state index in [2.05, 4.69) is 16.8 Å². The number of nitrogens with zero attached hydrogens (tertiary/aromatic N) is 2. The zero-order valence-electron chi connectivity index (χ0n) is 11.9. The molecule has 1 heterocycles. The molecule has 2 rings (SSSR count). The molecule has 108 valence electrons. The first-order chi connectivity index (χ1) is 9.47. The maximum atomic E-state index is 12.2. The summed E-state index contributed by atoms with van der Waals surface area (Å²) in [5, 5.41) is 9.10. The number of carboxylic acid groups (broad SMARTS) is 1. The fourth-order valence-electron chi connectivity index (χ4n) is 2.33. The molecule has 0 saturated carbocycles. The van der Waals surface area contributed by atoms with Gasteiger partial charge in [0.25, 0.3) is 0 Å². The second kappa shape index (κ2) is 6.15. The van der Waals surface area contributed by atoms with Crippen LogP contribution in [0.15, 0.2) is 18.2 Å². The number of carboxylic acids is 1. The molecule has 1 aliphatic rings. The van der Waals surface area contributed by atoms with Gasteiger partial charge in [0.1, 0.15) is 0 Å². The molecule has 0 spiro atoms. The van der Waals surface area contributed by atoms with Crippen molar-refractivity contribution in [1.82, 2.24) is 9.80 Å². The van der Waals surface area contributed by atoms with Crippen molar-refractivity contribution in [3.8, 4) is 0 Å². The number of hydrogen-bond acceptors (Lipinski definition) is 4. The van der Waals surface area contributed by atoms with E-state index < -0.39 is 5.97 Å². The molecule has 5 nitrogen and oxygen atoms in total. The van der Waals surface area contributed by atoms with Gasteiger partial charge in [-0.25, -0.2) is 4.79 Å². The molecule has 0 aliphatic carbocycles. The topological polar surface area (TPSA) is 60.9 Å². The standard InChI is InChI=1S/C15H20N2O3/c1-11-3-4-12(9-13(11)15(19)20)14(18)10-17-7-5-16(2)6-8-17/h3-4,9H,5-8,10H2,1-2H3,(H,19,20). The van der Waals surface area contributed by atoms with Gasteiger partial charge >= 0.3 is 5.97 Å². The SMILES string of the molecule is Cc1ccc(C(=O)CN2CCN(C)CC2)cc1C(=O)O. The van der Waals surface area contributed by atoms with Gasteiger partial charge in [-0.1, -0.05) is 12.1 Å². The van der Waals surface area contributed by atoms with Crippen LogP contribution in [0, 0.1) is 6.92 Å². The van der Waals surface area contributed by atoms with Crippen LogP contribution in [-0.4, -0.2) is 66.4 Å². The minimum atomic E-state index is -0.989. The van der Waals surface area contributed by atoms with Gasteiger partial charge in [-0.3, -0.25) is 9.69 Å². The summed E-state index contributed by atoms with van der Waals surface area (Å²) >= 11 is 0. The number of carbonyl (C=O) groups is 2. The average Bonchev–Trinajstić information content (AvgIpc) is 2.41. The molecule has 1 saturated heterocycles. The van der Waals surface area contributed by atoms with Crippen molar-refractivity contribution in [2.45, 2.75) is 6.92 Å². The van der Waals surface area contributed by atoms with E-state index in [0.717, 1.165) is 26.2 Å². The van der Waals surface area contributed by atoms with Gasteiger partial charge in [-0.2, -0.15) is 0 Å². The molecule has 20 heavy (non-hydrogen) atoms. The Hall–Kier alpha value is -1.72. The number of ketones is 1. The molecule has 1 aliphatic heterocycles. The Labute approximate surface area is 118 Å². The number of Topliss-reactive ketones (excluding diaryl/α,β-unsaturated/α-hetero) is 1. The molecule has 1 aromatic rings. The number of benzene rings is 1. The molecule has 0 aromatic heterocycles. The lowest BCUT2D eigenvalue weighted by Crippen LogP contribution is -2.46. The maximum Gasteiger partial charge on any atom is 0.335 e. The van der Waals surface area contributed by atoms with E-state index in [4.69, 9.17) is 5.11 Å². The summed E-state index contributed by atoms with van der Waals surface area (Å²) in [7, 11) is 2.07. The number of carbonyl (C=O) groups excluding carboxylic acids is 1. The summed E-state index contributed by atoms with van der Waals surface area (Å²) in [5.41, 5.74) is 1.36. The van der Waals surface area contributed by atoms with Crippen LogP contribution in [0.25, 0.3) is 0 Å². The lowest BCUT2D eigenvalue weighted by atomic mass is 10.0. The Morgan fingerprint density at radius 3 is 2.45 bits per heavy atom. The molecule has 1 N–H and O–H groups in total. The zero-order valence-corrected chi connectivity index (χ0v) is 11.9. The Kier molecular flexibility index (Phi) is 4.52. The van der Waals surface area contributed by atoms with E-state index in [1.807, 2.05) is 0 Å². The molecule has 0 radical (unpaired) electrons. The number of hydrogen-bond donors (Lipinski definition) is 1. The van der Waals surface area contributed by atoms with Gasteiger partial charge in [-0.05, 0) is 25.6 Å². The summed E-state index contributed by atoms with van der Waals surface area (Å²) in [4.78, 5) is 27.7. The highest BCUT2D eigenvalue weighted by molar-refractivity contribution is 6.00. The normalized spacial score (nSPS) is 17.1. The first-order valence-corrected chi connectivity index (χ1v) is 6.75. The fourth-order valence-corrected chi connectivity index (χ4v) is 2.33. The largest absolute Gasteiger partial charge is 0.478 e. The quantitative estimate of drug-likeness (QED) is 0.835. The Bertz CT molecular complexity index is 520. The summed E-state index contributed by atoms with van der Waals surface area (Å²) in [6.45, 7) is 5.76. The second-order valence-corrected chi connectivity index (χ2v) is 5.34. The summed E-state index contributed by atoms with van der Waals surface area (Å²) in [6.07, 6.45) is 0. The molecule has 0 unspecified atom stereocenters. The van der Waals surface area contributed by atoms with Crippen molar-refractivity contribution in [2.24, 2.45) is 0 Å². The number of piperazine rings is 1. The highest BCUT2D eigenvalue weighted by atomic mass is 16.4. The van der Waals surface area contributed by atoms with Crippen molar-refractivity contribution >= 4 is 11.8 Å². The van der Waals surface area contributed by atoms with Crippen molar-refractivity contribution in [1.29, 1.82) is 0 Å². The number of aromatic carboxylic acids is 1. The van der Waals surface area contributed by atoms with E-state index in [-0.39, 0.29) is 11.3 Å². The van der Waals surface area contributed by atoms with Crippen LogP contribution in [0.4, 0.5) is 0 Å². The maximum absolute atomic E-state index is 12.2. The van der Waals surface area contributed by atoms with Crippen LogP contribution in [0.3, 0.4) is 0 Å². The smallest absolute Gasteiger partial charge is 0.335 e. The predicted molar refractivity (Wildman–Crippen MR) is 76.4 cm³/mol. The highest BCUT2D eigenvalue weighted by Crippen LogP contribution is 2.13. The molecule has 0 amide bonds. The lowest BCUT2D eigenvalue weighted by Gasteiger charge is -2.31. The van der Waals surface area contributed by atoms with Gasteiger partial charge in [0.05, 0.1) is 12.1 Å². The van der Waals surface area contributed by atoms with E-state index in [9.17, 15) is 9.59 Å². The Balaban J connectivity index is 2.06. The van der Waals surface area contributed by atoms with Crippen LogP contribution in [-0.2, 0) is 0 Å². The van der Waals surface area contributed by atoms with E-state index >= 15 is 0 Å². The third kappa shape index (κ3) is 3.43. The van der Waals surface area contributed by atoms with E-state index in [0.29, 0.717) is 17.7 Å². The summed E-state index contributed by atoms with van der Waals surface area (Å²) in [5.74, 6) is -1.01. The Morgan fingerprint density at radius 1 is 1.20 bits per heavy atom. The van der Waals surface area contributed by atoms with Crippen LogP contribution >= 0.6 is 0 Å². The lowest BCUT2D eigenvalue weighted by molar-refractivity contribution is 0.0696. The van der Waals surface area contributed by atoms with Crippen molar-refractivity contribution < 1.29 is 14.7 Å². The first kappa shape index (κ1) is 14.7. The number of aryl methyl sites for hydroxylation is 1. The van der Waals surface area contributed by atoms with Crippen molar-refractivity contribution in [3.63, 3.8) is 0 Å². The molecule has 0 bridgehead atoms. The average molecular weight is 276 g/mol. The minimum Gasteiger partial charge on any atom is -0.478 e. The highest BCUT2D eigenvalue weighted by Gasteiger charge is 2.18. The summed E-state index contributed by atoms with van der Waals surface area (Å²) < 4.78 is 0. The molecule has 0 atom stereocenters. The Morgan fingerprint density at radius 2 is 1.85 bits per heavy atom. The number of rotatable bonds is 4. The van der Waals surface area contributed by atoms with Crippen LogP contribution < -0.4 is 0 Å². The van der Waals surface area contributed by atoms with Crippen molar-refractivity contribution in [3.05, 3.63) is 34.9 Å². The molecular formula is C15H20N2O3. The zero-order chi connectivity index (χ0) is 14.7. The third-order valence-corrected chi connectivity index (χ3v) is 3.75. The minimum absolute atomic E-state index is 0.0166. The van der Waals surface area contributed by atoms with Gasteiger partial charge in [0.15, 0.2) is 5.78 Å². The molecule has 5 heteroatoms. The van der Waals surface area contributed by atoms with Crippen LogP contribution in [0.5, 0.6) is 0 Å². The van der Waals surface area contributed by atoms with Crippen LogP contribution in [0.1, 0.15) is 26.3 Å². The van der Waals surface area contributed by atoms with Gasteiger partial charge in [-0.15, -0.1) is 0 Å². The van der Waals surface area contributed by atoms with E-state index in [1.165, 1.54) is 6.07 Å². The predicted octanol–water partition coefficient (Wildman–Crippen LogP) is 1.12. The van der Waals surface area contributed by atoms with Crippen molar-refractivity contribution in [2.75, 3.05) is 39.8 Å². The summed E-state index contributed by atoms with van der Waals surface area (Å²) in [6, 6.07) is 4.89. The number of likely N-dealkylation sites (N-methyl/N-ethyl adjacent to an activating group) is 1. The molecule has 1 fully saturated rings.